The van der Waals surface area contributed by atoms with Gasteiger partial charge in [0.25, 0.3) is 0 Å². The molecule has 0 atom stereocenters. The first kappa shape index (κ1) is 40.5. The van der Waals surface area contributed by atoms with Crippen molar-refractivity contribution >= 4 is 70.5 Å². The molecular weight excluding hydrogens is 855 g/mol. The van der Waals surface area contributed by atoms with E-state index in [9.17, 15) is 0 Å². The minimum atomic E-state index is 0.817. The van der Waals surface area contributed by atoms with Crippen molar-refractivity contribution < 1.29 is 4.42 Å². The summed E-state index contributed by atoms with van der Waals surface area (Å²) in [4.78, 5) is 2.36. The Morgan fingerprint density at radius 3 is 1.28 bits per heavy atom. The van der Waals surface area contributed by atoms with E-state index in [1.807, 2.05) is 11.3 Å². The van der Waals surface area contributed by atoms with Crippen molar-refractivity contribution in [2.75, 3.05) is 4.90 Å². The summed E-state index contributed by atoms with van der Waals surface area (Å²) in [5.74, 6) is 0. The lowest BCUT2D eigenvalue weighted by molar-refractivity contribution is 0.670. The van der Waals surface area contributed by atoms with E-state index in [1.165, 1.54) is 42.4 Å². The van der Waals surface area contributed by atoms with Gasteiger partial charge in [-0.3, -0.25) is 0 Å². The third kappa shape index (κ3) is 7.11. The topological polar surface area (TPSA) is 16.4 Å². The van der Waals surface area contributed by atoms with Crippen LogP contribution in [-0.2, 0) is 0 Å². The number of rotatable bonds is 9. The quantitative estimate of drug-likeness (QED) is 0.144. The zero-order chi connectivity index (χ0) is 45.7. The first-order chi connectivity index (χ1) is 34.2. The summed E-state index contributed by atoms with van der Waals surface area (Å²) in [5.41, 5.74) is 18.4. The van der Waals surface area contributed by atoms with Crippen LogP contribution >= 0.6 is 11.3 Å². The third-order valence-corrected chi connectivity index (χ3v) is 14.6. The molecule has 0 fully saturated rings. The Morgan fingerprint density at radius 2 is 0.696 bits per heavy atom. The predicted octanol–water partition coefficient (Wildman–Crippen LogP) is 19.4. The van der Waals surface area contributed by atoms with Gasteiger partial charge in [0.15, 0.2) is 5.58 Å². The molecule has 0 aliphatic rings. The minimum Gasteiger partial charge on any atom is -0.453 e. The van der Waals surface area contributed by atoms with Crippen molar-refractivity contribution in [2.45, 2.75) is 0 Å². The van der Waals surface area contributed by atoms with Gasteiger partial charge in [-0.2, -0.15) is 0 Å². The summed E-state index contributed by atoms with van der Waals surface area (Å²) in [6.07, 6.45) is 0. The van der Waals surface area contributed by atoms with Crippen molar-refractivity contribution in [3.8, 4) is 66.8 Å². The molecule has 0 N–H and O–H groups in total. The maximum Gasteiger partial charge on any atom is 0.159 e. The van der Waals surface area contributed by atoms with Crippen LogP contribution in [0.3, 0.4) is 0 Å². The van der Waals surface area contributed by atoms with Gasteiger partial charge in [0.2, 0.25) is 0 Å². The van der Waals surface area contributed by atoms with Crippen molar-refractivity contribution in [2.24, 2.45) is 0 Å². The van der Waals surface area contributed by atoms with E-state index in [2.05, 4.69) is 266 Å². The van der Waals surface area contributed by atoms with Crippen LogP contribution < -0.4 is 4.90 Å². The highest BCUT2D eigenvalue weighted by atomic mass is 32.1. The van der Waals surface area contributed by atoms with E-state index >= 15 is 0 Å². The molecule has 0 saturated carbocycles. The van der Waals surface area contributed by atoms with Crippen LogP contribution in [0.4, 0.5) is 17.1 Å². The second-order valence-corrected chi connectivity index (χ2v) is 18.6. The third-order valence-electron chi connectivity index (χ3n) is 13.5. The Balaban J connectivity index is 1.08. The highest BCUT2D eigenvalue weighted by Crippen LogP contribution is 2.55. The molecule has 0 aliphatic carbocycles. The summed E-state index contributed by atoms with van der Waals surface area (Å²) in [6, 6.07) is 94.1. The van der Waals surface area contributed by atoms with Crippen molar-refractivity contribution in [1.82, 2.24) is 0 Å². The molecule has 13 rings (SSSR count). The van der Waals surface area contributed by atoms with E-state index in [-0.39, 0.29) is 0 Å². The van der Waals surface area contributed by atoms with Gasteiger partial charge in [0.1, 0.15) is 5.58 Å². The van der Waals surface area contributed by atoms with E-state index in [4.69, 9.17) is 4.42 Å². The van der Waals surface area contributed by atoms with Crippen LogP contribution in [-0.4, -0.2) is 0 Å². The van der Waals surface area contributed by atoms with Crippen LogP contribution in [0, 0.1) is 0 Å². The van der Waals surface area contributed by atoms with Gasteiger partial charge in [-0.1, -0.05) is 218 Å². The van der Waals surface area contributed by atoms with Gasteiger partial charge in [-0.25, -0.2) is 0 Å². The molecule has 324 valence electrons. The fourth-order valence-corrected chi connectivity index (χ4v) is 11.5. The highest BCUT2D eigenvalue weighted by Gasteiger charge is 2.29. The molecule has 13 aromatic rings. The van der Waals surface area contributed by atoms with Gasteiger partial charge in [-0.05, 0) is 92.5 Å². The number of thiophene rings is 1. The number of para-hydroxylation sites is 1. The first-order valence-electron chi connectivity index (χ1n) is 23.5. The Bertz CT molecular complexity index is 3960. The normalized spacial score (nSPS) is 11.5. The Morgan fingerprint density at radius 1 is 0.275 bits per heavy atom. The molecule has 0 unspecified atom stereocenters. The van der Waals surface area contributed by atoms with Crippen molar-refractivity contribution in [3.63, 3.8) is 0 Å². The average Bonchev–Trinajstić information content (AvgIpc) is 4.01. The Labute approximate surface area is 405 Å². The van der Waals surface area contributed by atoms with Gasteiger partial charge >= 0.3 is 0 Å². The number of hydrogen-bond acceptors (Lipinski definition) is 3. The number of benzene rings is 11. The zero-order valence-corrected chi connectivity index (χ0v) is 38.4. The number of hydrogen-bond donors (Lipinski definition) is 0. The van der Waals surface area contributed by atoms with E-state index in [0.29, 0.717) is 0 Å². The molecule has 3 heteroatoms. The van der Waals surface area contributed by atoms with Crippen LogP contribution in [0.5, 0.6) is 0 Å². The molecule has 0 spiro atoms. The van der Waals surface area contributed by atoms with Gasteiger partial charge in [-0.15, -0.1) is 11.3 Å². The first-order valence-corrected chi connectivity index (χ1v) is 24.3. The van der Waals surface area contributed by atoms with Crippen LogP contribution in [0.1, 0.15) is 0 Å². The smallest absolute Gasteiger partial charge is 0.159 e. The van der Waals surface area contributed by atoms with Crippen molar-refractivity contribution in [1.29, 1.82) is 0 Å². The molecular formula is C66H43NOS. The van der Waals surface area contributed by atoms with E-state index in [0.717, 1.165) is 83.5 Å². The zero-order valence-electron chi connectivity index (χ0n) is 37.6. The molecule has 2 heterocycles. The maximum absolute atomic E-state index is 7.62. The molecule has 0 bridgehead atoms. The standard InChI is InChI=1S/C66H43NOS/c1-6-19-44(20-7-1)45-33-38-52(39-34-45)67(53-40-35-46(36-41-53)51-37-42-55-54-29-16-17-32-58(54)69-59(55)43-51)57-31-18-30-56-64-62(49-25-12-4-13-26-49)60(47-21-8-2-9-22-47)61(48-23-10-3-11-24-48)63(66(64)68-65(56)57)50-27-14-5-15-28-50/h1-43H. The molecule has 2 aromatic heterocycles. The Hall–Kier alpha value is -8.76. The van der Waals surface area contributed by atoms with Crippen LogP contribution in [0.25, 0.3) is 109 Å². The minimum absolute atomic E-state index is 0.817. The lowest BCUT2D eigenvalue weighted by Gasteiger charge is -2.26. The average molecular weight is 898 g/mol. The number of anilines is 3. The van der Waals surface area contributed by atoms with E-state index < -0.39 is 0 Å². The summed E-state index contributed by atoms with van der Waals surface area (Å²) in [5, 5.41) is 4.75. The maximum atomic E-state index is 7.62. The van der Waals surface area contributed by atoms with Gasteiger partial charge in [0.05, 0.1) is 5.69 Å². The molecule has 0 aliphatic heterocycles. The molecule has 0 radical (unpaired) electrons. The second kappa shape index (κ2) is 17.2. The summed E-state index contributed by atoms with van der Waals surface area (Å²) in [7, 11) is 0. The highest BCUT2D eigenvalue weighted by molar-refractivity contribution is 7.25. The lowest BCUT2D eigenvalue weighted by Crippen LogP contribution is -2.10. The number of furan rings is 1. The van der Waals surface area contributed by atoms with Gasteiger partial charge in [0, 0.05) is 59.0 Å². The van der Waals surface area contributed by atoms with Crippen LogP contribution in [0.2, 0.25) is 0 Å². The predicted molar refractivity (Wildman–Crippen MR) is 294 cm³/mol. The van der Waals surface area contributed by atoms with Crippen LogP contribution in [0.15, 0.2) is 265 Å². The molecule has 0 saturated heterocycles. The molecule has 2 nitrogen and oxygen atoms in total. The molecule has 11 aromatic carbocycles. The fourth-order valence-electron chi connectivity index (χ4n) is 10.3. The van der Waals surface area contributed by atoms with E-state index in [1.54, 1.807) is 0 Å². The fraction of sp³-hybridized carbons (Fsp3) is 0. The molecule has 0 amide bonds. The Kier molecular flexibility index (Phi) is 10.1. The second-order valence-electron chi connectivity index (χ2n) is 17.5. The summed E-state index contributed by atoms with van der Waals surface area (Å²) >= 11 is 1.85. The largest absolute Gasteiger partial charge is 0.453 e. The monoisotopic (exact) mass is 897 g/mol. The SMILES string of the molecule is c1ccc(-c2ccc(N(c3ccc(-c4ccc5c(c4)sc4ccccc45)cc3)c3cccc4c3oc3c(-c5ccccc5)c(-c5ccccc5)c(-c5ccccc5)c(-c5ccccc5)c34)cc2)cc1. The lowest BCUT2D eigenvalue weighted by atomic mass is 9.80. The summed E-state index contributed by atoms with van der Waals surface area (Å²) in [6.45, 7) is 0. The van der Waals surface area contributed by atoms with Gasteiger partial charge < -0.3 is 9.32 Å². The molecule has 69 heavy (non-hydrogen) atoms. The number of nitrogens with zero attached hydrogens (tertiary/aromatic N) is 1. The van der Waals surface area contributed by atoms with Crippen molar-refractivity contribution in [3.05, 3.63) is 261 Å². The summed E-state index contributed by atoms with van der Waals surface area (Å²) < 4.78 is 10.2. The number of fused-ring (bicyclic) bond motifs is 6.